The van der Waals surface area contributed by atoms with Gasteiger partial charge in [0, 0.05) is 17.0 Å². The Balaban J connectivity index is 1.26. The molecule has 1 aromatic heterocycles. The smallest absolute Gasteiger partial charge is 0.265 e. The third-order valence-corrected chi connectivity index (χ3v) is 8.91. The number of anilines is 2. The number of nitrogens with zero attached hydrogens (tertiary/aromatic N) is 2. The van der Waals surface area contributed by atoms with E-state index in [1.807, 2.05) is 25.1 Å². The van der Waals surface area contributed by atoms with Crippen LogP contribution >= 0.6 is 11.3 Å². The molecule has 1 N–H and O–H groups in total. The molecular weight excluding hydrogens is 434 g/mol. The van der Waals surface area contributed by atoms with Crippen molar-refractivity contribution in [2.75, 3.05) is 23.4 Å². The van der Waals surface area contributed by atoms with Crippen LogP contribution in [0.2, 0.25) is 0 Å². The molecule has 4 bridgehead atoms. The average molecular weight is 464 g/mol. The van der Waals surface area contributed by atoms with Gasteiger partial charge in [-0.25, -0.2) is 4.98 Å². The molecule has 2 heterocycles. The van der Waals surface area contributed by atoms with Gasteiger partial charge in [-0.1, -0.05) is 6.08 Å². The molecule has 4 fully saturated rings. The Morgan fingerprint density at radius 1 is 1.27 bits per heavy atom. The minimum Gasteiger partial charge on any atom is -0.482 e. The van der Waals surface area contributed by atoms with E-state index in [0.717, 1.165) is 58.8 Å². The average Bonchev–Trinajstić information content (AvgIpc) is 3.14. The number of ether oxygens (including phenoxy) is 1. The molecule has 4 saturated carbocycles. The van der Waals surface area contributed by atoms with Crippen molar-refractivity contribution in [3.63, 3.8) is 0 Å². The van der Waals surface area contributed by atoms with Gasteiger partial charge in [0.25, 0.3) is 5.91 Å². The Morgan fingerprint density at radius 3 is 2.64 bits per heavy atom. The van der Waals surface area contributed by atoms with Gasteiger partial charge in [0.1, 0.15) is 5.75 Å². The van der Waals surface area contributed by atoms with Crippen LogP contribution in [0, 0.1) is 30.1 Å². The van der Waals surface area contributed by atoms with Gasteiger partial charge in [0.15, 0.2) is 11.7 Å². The summed E-state index contributed by atoms with van der Waals surface area (Å²) in [7, 11) is 0. The second kappa shape index (κ2) is 7.69. The van der Waals surface area contributed by atoms with Crippen molar-refractivity contribution in [2.24, 2.45) is 23.2 Å². The molecule has 5 aliphatic rings. The summed E-state index contributed by atoms with van der Waals surface area (Å²) in [5.74, 6) is 2.96. The summed E-state index contributed by atoms with van der Waals surface area (Å²) in [6.07, 6.45) is 8.80. The quantitative estimate of drug-likeness (QED) is 0.620. The standard InChI is InChI=1S/C26H29N3O3S/c1-3-6-29-20-10-19(4-5-21(20)32-14-22(29)30)23-15(2)33-25(27-23)28-24(31)26-11-16-7-17(12-26)9-18(8-16)13-26/h3-5,10,16-18H,1,6-9,11-14H2,2H3,(H,27,28,31). The zero-order valence-corrected chi connectivity index (χ0v) is 19.7. The monoisotopic (exact) mass is 463 g/mol. The van der Waals surface area contributed by atoms with Crippen molar-refractivity contribution in [1.29, 1.82) is 0 Å². The maximum atomic E-state index is 13.5. The molecule has 7 heteroatoms. The summed E-state index contributed by atoms with van der Waals surface area (Å²) in [4.78, 5) is 33.3. The fourth-order valence-electron chi connectivity index (χ4n) is 7.01. The number of aryl methyl sites for hydroxylation is 1. The lowest BCUT2D eigenvalue weighted by molar-refractivity contribution is -0.140. The van der Waals surface area contributed by atoms with Crippen LogP contribution in [0.15, 0.2) is 30.9 Å². The Labute approximate surface area is 198 Å². The summed E-state index contributed by atoms with van der Waals surface area (Å²) in [6, 6.07) is 5.80. The second-order valence-electron chi connectivity index (χ2n) is 10.3. The van der Waals surface area contributed by atoms with E-state index in [-0.39, 0.29) is 23.8 Å². The molecule has 0 saturated heterocycles. The fourth-order valence-corrected chi connectivity index (χ4v) is 7.85. The minimum atomic E-state index is -0.191. The summed E-state index contributed by atoms with van der Waals surface area (Å²) in [5.41, 5.74) is 2.28. The van der Waals surface area contributed by atoms with E-state index >= 15 is 0 Å². The van der Waals surface area contributed by atoms with E-state index in [1.165, 1.54) is 30.6 Å². The Hall–Kier alpha value is -2.67. The van der Waals surface area contributed by atoms with Crippen molar-refractivity contribution in [3.05, 3.63) is 35.7 Å². The Morgan fingerprint density at radius 2 is 1.97 bits per heavy atom. The van der Waals surface area contributed by atoms with Crippen LogP contribution in [-0.4, -0.2) is 29.9 Å². The van der Waals surface area contributed by atoms with E-state index in [4.69, 9.17) is 9.72 Å². The van der Waals surface area contributed by atoms with Gasteiger partial charge < -0.3 is 15.0 Å². The van der Waals surface area contributed by atoms with Crippen molar-refractivity contribution in [2.45, 2.75) is 45.4 Å². The van der Waals surface area contributed by atoms with E-state index in [9.17, 15) is 9.59 Å². The first-order chi connectivity index (χ1) is 15.9. The molecule has 7 rings (SSSR count). The molecule has 0 unspecified atom stereocenters. The molecule has 2 aromatic rings. The van der Waals surface area contributed by atoms with Gasteiger partial charge in [-0.15, -0.1) is 17.9 Å². The number of carbonyl (C=O) groups is 2. The number of aromatic nitrogens is 1. The van der Waals surface area contributed by atoms with Crippen LogP contribution < -0.4 is 15.0 Å². The topological polar surface area (TPSA) is 71.5 Å². The maximum Gasteiger partial charge on any atom is 0.265 e. The predicted molar refractivity (Wildman–Crippen MR) is 130 cm³/mol. The molecule has 0 atom stereocenters. The van der Waals surface area contributed by atoms with E-state index in [2.05, 4.69) is 11.9 Å². The largest absolute Gasteiger partial charge is 0.482 e. The maximum absolute atomic E-state index is 13.5. The number of rotatable bonds is 5. The van der Waals surface area contributed by atoms with Crippen LogP contribution in [0.1, 0.15) is 43.4 Å². The van der Waals surface area contributed by atoms with Gasteiger partial charge in [-0.05, 0) is 81.4 Å². The number of thiazole rings is 1. The summed E-state index contributed by atoms with van der Waals surface area (Å²) in [6.45, 7) is 6.26. The fraction of sp³-hybridized carbons (Fsp3) is 0.500. The lowest BCUT2D eigenvalue weighted by atomic mass is 9.49. The number of fused-ring (bicyclic) bond motifs is 1. The number of benzene rings is 1. The van der Waals surface area contributed by atoms with Crippen molar-refractivity contribution < 1.29 is 14.3 Å². The number of nitrogens with one attached hydrogen (secondary N) is 1. The van der Waals surface area contributed by atoms with E-state index in [1.54, 1.807) is 11.0 Å². The molecule has 172 valence electrons. The van der Waals surface area contributed by atoms with Gasteiger partial charge in [-0.3, -0.25) is 9.59 Å². The summed E-state index contributed by atoms with van der Waals surface area (Å²) < 4.78 is 5.61. The highest BCUT2D eigenvalue weighted by molar-refractivity contribution is 7.16. The van der Waals surface area contributed by atoms with Crippen molar-refractivity contribution in [1.82, 2.24) is 4.98 Å². The number of amides is 2. The lowest BCUT2D eigenvalue weighted by Gasteiger charge is -2.55. The highest BCUT2D eigenvalue weighted by Crippen LogP contribution is 2.60. The first-order valence-corrected chi connectivity index (χ1v) is 12.7. The van der Waals surface area contributed by atoms with Crippen molar-refractivity contribution >= 4 is 34.0 Å². The second-order valence-corrected chi connectivity index (χ2v) is 11.5. The highest BCUT2D eigenvalue weighted by atomic mass is 32.1. The van der Waals surface area contributed by atoms with Gasteiger partial charge in [0.2, 0.25) is 5.91 Å². The Kier molecular flexibility index (Phi) is 4.87. The molecular formula is C26H29N3O3S. The molecule has 1 aromatic carbocycles. The summed E-state index contributed by atoms with van der Waals surface area (Å²) >= 11 is 1.52. The molecule has 6 nitrogen and oxygen atoms in total. The van der Waals surface area contributed by atoms with Crippen LogP contribution in [0.4, 0.5) is 10.8 Å². The molecule has 2 amide bonds. The SMILES string of the molecule is C=CCN1C(=O)COc2ccc(-c3nc(NC(=O)C45CC6CC(CC(C6)C4)C5)sc3C)cc21. The van der Waals surface area contributed by atoms with Crippen LogP contribution in [0.5, 0.6) is 5.75 Å². The van der Waals surface area contributed by atoms with Crippen LogP contribution in [0.25, 0.3) is 11.3 Å². The number of hydrogen-bond acceptors (Lipinski definition) is 5. The molecule has 0 radical (unpaired) electrons. The lowest BCUT2D eigenvalue weighted by Crippen LogP contribution is -2.51. The zero-order chi connectivity index (χ0) is 22.7. The first kappa shape index (κ1) is 20.9. The van der Waals surface area contributed by atoms with Gasteiger partial charge >= 0.3 is 0 Å². The third-order valence-electron chi connectivity index (χ3n) is 8.02. The number of hydrogen-bond donors (Lipinski definition) is 1. The Bertz CT molecular complexity index is 1120. The highest BCUT2D eigenvalue weighted by Gasteiger charge is 2.54. The zero-order valence-electron chi connectivity index (χ0n) is 18.9. The molecule has 1 aliphatic heterocycles. The van der Waals surface area contributed by atoms with Gasteiger partial charge in [0.05, 0.1) is 16.8 Å². The first-order valence-electron chi connectivity index (χ1n) is 11.9. The van der Waals surface area contributed by atoms with E-state index < -0.39 is 0 Å². The van der Waals surface area contributed by atoms with Crippen LogP contribution in [-0.2, 0) is 9.59 Å². The van der Waals surface area contributed by atoms with E-state index in [0.29, 0.717) is 17.4 Å². The molecule has 33 heavy (non-hydrogen) atoms. The normalized spacial score (nSPS) is 29.5. The summed E-state index contributed by atoms with van der Waals surface area (Å²) in [5, 5.41) is 3.86. The third kappa shape index (κ3) is 3.48. The number of carbonyl (C=O) groups excluding carboxylic acids is 2. The van der Waals surface area contributed by atoms with Crippen molar-refractivity contribution in [3.8, 4) is 17.0 Å². The van der Waals surface area contributed by atoms with Crippen LogP contribution in [0.3, 0.4) is 0 Å². The predicted octanol–water partition coefficient (Wildman–Crippen LogP) is 5.18. The molecule has 0 spiro atoms. The van der Waals surface area contributed by atoms with Gasteiger partial charge in [-0.2, -0.15) is 0 Å². The molecule has 4 aliphatic carbocycles. The minimum absolute atomic E-state index is 0.0381.